The Kier molecular flexibility index (Phi) is 6.66. The number of hydrogen-bond donors (Lipinski definition) is 2. The maximum Gasteiger partial charge on any atom is 0.301 e. The van der Waals surface area contributed by atoms with Crippen molar-refractivity contribution in [3.05, 3.63) is 68.1 Å². The van der Waals surface area contributed by atoms with Crippen molar-refractivity contribution < 1.29 is 23.5 Å². The molecule has 158 valence electrons. The minimum atomic E-state index is -0.934. The van der Waals surface area contributed by atoms with E-state index in [1.54, 1.807) is 0 Å². The molecule has 30 heavy (non-hydrogen) atoms. The Hall–Kier alpha value is -3.01. The highest BCUT2D eigenvalue weighted by molar-refractivity contribution is 9.10. The maximum absolute atomic E-state index is 13.8. The van der Waals surface area contributed by atoms with Gasteiger partial charge in [0.25, 0.3) is 5.91 Å². The molecule has 0 radical (unpaired) electrons. The van der Waals surface area contributed by atoms with Crippen molar-refractivity contribution in [2.45, 2.75) is 26.3 Å². The van der Waals surface area contributed by atoms with Crippen LogP contribution in [0.3, 0.4) is 0 Å². The number of benzene rings is 1. The number of halogens is 3. The van der Waals surface area contributed by atoms with Gasteiger partial charge in [0.15, 0.2) is 11.2 Å². The number of aromatic hydroxyl groups is 1. The molecule has 0 atom stereocenters. The minimum absolute atomic E-state index is 0.0222. The highest BCUT2D eigenvalue weighted by atomic mass is 79.9. The van der Waals surface area contributed by atoms with Gasteiger partial charge in [-0.15, -0.1) is 4.73 Å². The number of carbonyl (C=O) groups excluding carboxylic acids is 1. The van der Waals surface area contributed by atoms with Gasteiger partial charge < -0.3 is 15.3 Å². The Bertz CT molecular complexity index is 1170. The fourth-order valence-corrected chi connectivity index (χ4v) is 3.09. The minimum Gasteiger partial charge on any atom is -0.506 e. The average Bonchev–Trinajstić information content (AvgIpc) is 2.70. The Morgan fingerprint density at radius 1 is 1.33 bits per heavy atom. The Labute approximate surface area is 178 Å². The summed E-state index contributed by atoms with van der Waals surface area (Å²) in [6.07, 6.45) is 2.91. The van der Waals surface area contributed by atoms with Crippen LogP contribution in [0.25, 0.3) is 11.0 Å². The highest BCUT2D eigenvalue weighted by Crippen LogP contribution is 2.27. The topological polar surface area (TPSA) is 93.5 Å². The summed E-state index contributed by atoms with van der Waals surface area (Å²) in [6.45, 7) is 1.84. The first-order valence-electron chi connectivity index (χ1n) is 9.12. The van der Waals surface area contributed by atoms with Gasteiger partial charge in [-0.05, 0) is 34.5 Å². The van der Waals surface area contributed by atoms with E-state index in [-0.39, 0.29) is 29.7 Å². The van der Waals surface area contributed by atoms with Gasteiger partial charge in [-0.3, -0.25) is 9.59 Å². The molecule has 2 aromatic heterocycles. The van der Waals surface area contributed by atoms with Crippen LogP contribution in [-0.2, 0) is 6.54 Å². The van der Waals surface area contributed by atoms with Gasteiger partial charge in [-0.25, -0.2) is 13.8 Å². The molecule has 0 saturated carbocycles. The van der Waals surface area contributed by atoms with E-state index in [0.717, 1.165) is 17.2 Å². The van der Waals surface area contributed by atoms with Crippen LogP contribution in [0, 0.1) is 11.6 Å². The molecule has 7 nitrogen and oxygen atoms in total. The van der Waals surface area contributed by atoms with Crippen molar-refractivity contribution in [2.24, 2.45) is 0 Å². The van der Waals surface area contributed by atoms with Crippen molar-refractivity contribution in [2.75, 3.05) is 6.61 Å². The molecule has 0 fully saturated rings. The summed E-state index contributed by atoms with van der Waals surface area (Å²) in [6, 6.07) is 4.41. The second-order valence-electron chi connectivity index (χ2n) is 6.45. The molecule has 0 bridgehead atoms. The summed E-state index contributed by atoms with van der Waals surface area (Å²) in [4.78, 5) is 35.2. The molecule has 2 N–H and O–H groups in total. The van der Waals surface area contributed by atoms with Crippen molar-refractivity contribution in [3.63, 3.8) is 0 Å². The average molecular weight is 482 g/mol. The Morgan fingerprint density at radius 3 is 2.80 bits per heavy atom. The lowest BCUT2D eigenvalue weighted by Crippen LogP contribution is -2.36. The van der Waals surface area contributed by atoms with Crippen molar-refractivity contribution in [3.8, 4) is 5.75 Å². The predicted octanol–water partition coefficient (Wildman–Crippen LogP) is 3.30. The van der Waals surface area contributed by atoms with Gasteiger partial charge in [0, 0.05) is 28.8 Å². The van der Waals surface area contributed by atoms with Crippen LogP contribution in [0.5, 0.6) is 5.75 Å². The molecule has 0 aliphatic heterocycles. The van der Waals surface area contributed by atoms with Gasteiger partial charge in [-0.1, -0.05) is 19.4 Å². The number of fused-ring (bicyclic) bond motifs is 1. The summed E-state index contributed by atoms with van der Waals surface area (Å²) in [5.74, 6) is -3.10. The molecule has 0 aliphatic rings. The van der Waals surface area contributed by atoms with Crippen LogP contribution in [0.15, 0.2) is 39.7 Å². The molecule has 3 aromatic rings. The number of nitrogens with one attached hydrogen (secondary N) is 1. The van der Waals surface area contributed by atoms with Crippen LogP contribution < -0.4 is 15.7 Å². The first kappa shape index (κ1) is 21.7. The van der Waals surface area contributed by atoms with E-state index in [9.17, 15) is 23.5 Å². The van der Waals surface area contributed by atoms with Gasteiger partial charge in [0.05, 0.1) is 5.39 Å². The molecule has 0 saturated heterocycles. The van der Waals surface area contributed by atoms with E-state index in [2.05, 4.69) is 26.2 Å². The summed E-state index contributed by atoms with van der Waals surface area (Å²) >= 11 is 3.24. The molecular weight excluding hydrogens is 464 g/mol. The molecule has 0 spiro atoms. The van der Waals surface area contributed by atoms with Gasteiger partial charge >= 0.3 is 5.56 Å². The maximum atomic E-state index is 13.8. The number of nitrogens with zero attached hydrogens (tertiary/aromatic N) is 2. The summed E-state index contributed by atoms with van der Waals surface area (Å²) in [5.41, 5.74) is -1.39. The van der Waals surface area contributed by atoms with Gasteiger partial charge in [0.1, 0.15) is 24.0 Å². The summed E-state index contributed by atoms with van der Waals surface area (Å²) < 4.78 is 28.2. The van der Waals surface area contributed by atoms with E-state index < -0.39 is 34.4 Å². The van der Waals surface area contributed by atoms with Gasteiger partial charge in [0.2, 0.25) is 0 Å². The van der Waals surface area contributed by atoms with Crippen molar-refractivity contribution in [1.29, 1.82) is 0 Å². The fourth-order valence-electron chi connectivity index (χ4n) is 2.76. The molecule has 1 aromatic carbocycles. The lowest BCUT2D eigenvalue weighted by atomic mass is 10.1. The predicted molar refractivity (Wildman–Crippen MR) is 109 cm³/mol. The zero-order valence-corrected chi connectivity index (χ0v) is 17.5. The third-order valence-electron chi connectivity index (χ3n) is 4.32. The monoisotopic (exact) mass is 481 g/mol. The van der Waals surface area contributed by atoms with Crippen LogP contribution in [0.1, 0.15) is 35.7 Å². The highest BCUT2D eigenvalue weighted by Gasteiger charge is 2.24. The summed E-state index contributed by atoms with van der Waals surface area (Å²) in [5, 5.41) is 13.1. The third-order valence-corrected chi connectivity index (χ3v) is 4.75. The standard InChI is InChI=1S/C20H18BrF2N3O4/c1-2-3-6-30-26-18-14(7-12(21)10-24-18)17(27)16(20(26)29)19(28)25-9-11-4-5-13(22)8-15(11)23/h4-5,7-8,10,27H,2-3,6,9H2,1H3,(H,25,28). The SMILES string of the molecule is CCCCOn1c(=O)c(C(=O)NCc2ccc(F)cc2F)c(O)c2cc(Br)cnc21. The smallest absolute Gasteiger partial charge is 0.301 e. The molecule has 3 rings (SSSR count). The molecule has 2 heterocycles. The number of pyridine rings is 2. The molecule has 0 aliphatic carbocycles. The first-order chi connectivity index (χ1) is 14.3. The van der Waals surface area contributed by atoms with E-state index in [4.69, 9.17) is 4.84 Å². The van der Waals surface area contributed by atoms with E-state index in [1.807, 2.05) is 6.92 Å². The third kappa shape index (κ3) is 4.43. The number of aromatic nitrogens is 2. The van der Waals surface area contributed by atoms with Crippen LogP contribution in [-0.4, -0.2) is 27.3 Å². The molecular formula is C20H18BrF2N3O4. The van der Waals surface area contributed by atoms with E-state index >= 15 is 0 Å². The second-order valence-corrected chi connectivity index (χ2v) is 7.37. The quantitative estimate of drug-likeness (QED) is 0.505. The molecule has 0 unspecified atom stereocenters. The number of amides is 1. The molecule has 1 amide bonds. The first-order valence-corrected chi connectivity index (χ1v) is 9.91. The lowest BCUT2D eigenvalue weighted by Gasteiger charge is -2.15. The summed E-state index contributed by atoms with van der Waals surface area (Å²) in [7, 11) is 0. The molecule has 10 heteroatoms. The van der Waals surface area contributed by atoms with Crippen molar-refractivity contribution in [1.82, 2.24) is 15.0 Å². The normalized spacial score (nSPS) is 10.9. The number of carbonyl (C=O) groups is 1. The van der Waals surface area contributed by atoms with Gasteiger partial charge in [-0.2, -0.15) is 0 Å². The van der Waals surface area contributed by atoms with E-state index in [0.29, 0.717) is 17.0 Å². The zero-order chi connectivity index (χ0) is 21.8. The van der Waals surface area contributed by atoms with Crippen molar-refractivity contribution >= 4 is 32.9 Å². The number of rotatable bonds is 7. The zero-order valence-electron chi connectivity index (χ0n) is 15.9. The second kappa shape index (κ2) is 9.21. The van der Waals surface area contributed by atoms with Crippen LogP contribution in [0.2, 0.25) is 0 Å². The number of unbranched alkanes of at least 4 members (excludes halogenated alkanes) is 1. The van der Waals surface area contributed by atoms with Crippen LogP contribution >= 0.6 is 15.9 Å². The van der Waals surface area contributed by atoms with Crippen LogP contribution in [0.4, 0.5) is 8.78 Å². The lowest BCUT2D eigenvalue weighted by molar-refractivity contribution is 0.0917. The Balaban J connectivity index is 2.01. The number of hydrogen-bond acceptors (Lipinski definition) is 5. The van der Waals surface area contributed by atoms with E-state index in [1.165, 1.54) is 18.3 Å². The fraction of sp³-hybridized carbons (Fsp3) is 0.250. The largest absolute Gasteiger partial charge is 0.506 e. The Morgan fingerprint density at radius 2 is 2.10 bits per heavy atom.